The first kappa shape index (κ1) is 15.1. The second kappa shape index (κ2) is 7.51. The molecule has 1 aromatic rings. The third kappa shape index (κ3) is 5.07. The van der Waals surface area contributed by atoms with E-state index in [-0.39, 0.29) is 12.0 Å². The summed E-state index contributed by atoms with van der Waals surface area (Å²) in [5.41, 5.74) is 0.486. The molecule has 0 saturated heterocycles. The van der Waals surface area contributed by atoms with Gasteiger partial charge in [-0.05, 0) is 31.4 Å². The molecule has 0 fully saturated rings. The van der Waals surface area contributed by atoms with Crippen molar-refractivity contribution in [2.24, 2.45) is 0 Å². The first-order chi connectivity index (χ1) is 9.02. The number of hydrogen-bond acceptors (Lipinski definition) is 2. The largest absolute Gasteiger partial charge is 0.481 e. The predicted molar refractivity (Wildman–Crippen MR) is 69.6 cm³/mol. The Labute approximate surface area is 111 Å². The van der Waals surface area contributed by atoms with Gasteiger partial charge in [-0.15, -0.1) is 0 Å². The summed E-state index contributed by atoms with van der Waals surface area (Å²) in [4.78, 5) is 22.0. The first-order valence-electron chi connectivity index (χ1n) is 6.27. The Morgan fingerprint density at radius 1 is 1.26 bits per heavy atom. The molecule has 0 radical (unpaired) electrons. The number of carbonyl (C=O) groups excluding carboxylic acids is 1. The van der Waals surface area contributed by atoms with Crippen molar-refractivity contribution in [3.8, 4) is 0 Å². The van der Waals surface area contributed by atoms with Crippen LogP contribution >= 0.6 is 0 Å². The van der Waals surface area contributed by atoms with Crippen LogP contribution in [0.3, 0.4) is 0 Å². The third-order valence-corrected chi connectivity index (χ3v) is 2.79. The number of aryl methyl sites for hydroxylation is 1. The van der Waals surface area contributed by atoms with Gasteiger partial charge in [0.1, 0.15) is 5.82 Å². The van der Waals surface area contributed by atoms with Gasteiger partial charge in [-0.3, -0.25) is 9.59 Å². The van der Waals surface area contributed by atoms with E-state index in [2.05, 4.69) is 5.32 Å². The number of amides is 1. The van der Waals surface area contributed by atoms with Crippen LogP contribution in [0.4, 0.5) is 4.39 Å². The van der Waals surface area contributed by atoms with Crippen LogP contribution in [0.1, 0.15) is 41.6 Å². The molecule has 4 nitrogen and oxygen atoms in total. The molecule has 1 rings (SSSR count). The SMILES string of the molecule is Cc1cccc(C(=O)NCCCCCC(=O)O)c1F. The number of halogens is 1. The number of carbonyl (C=O) groups is 2. The van der Waals surface area contributed by atoms with Crippen molar-refractivity contribution < 1.29 is 19.1 Å². The van der Waals surface area contributed by atoms with E-state index in [4.69, 9.17) is 5.11 Å². The summed E-state index contributed by atoms with van der Waals surface area (Å²) in [5, 5.41) is 11.1. The lowest BCUT2D eigenvalue weighted by Crippen LogP contribution is -2.25. The first-order valence-corrected chi connectivity index (χ1v) is 6.27. The average molecular weight is 267 g/mol. The second-order valence-corrected chi connectivity index (χ2v) is 4.40. The Hall–Kier alpha value is -1.91. The molecule has 1 aromatic carbocycles. The zero-order chi connectivity index (χ0) is 14.3. The molecule has 0 spiro atoms. The van der Waals surface area contributed by atoms with Crippen molar-refractivity contribution >= 4 is 11.9 Å². The van der Waals surface area contributed by atoms with Gasteiger partial charge in [0.05, 0.1) is 5.56 Å². The number of hydrogen-bond donors (Lipinski definition) is 2. The summed E-state index contributed by atoms with van der Waals surface area (Å²) in [6.07, 6.45) is 2.14. The summed E-state index contributed by atoms with van der Waals surface area (Å²) in [5.74, 6) is -1.74. The van der Waals surface area contributed by atoms with Crippen molar-refractivity contribution in [3.05, 3.63) is 35.1 Å². The predicted octanol–water partition coefficient (Wildman–Crippen LogP) is 2.51. The molecule has 5 heteroatoms. The van der Waals surface area contributed by atoms with Crippen molar-refractivity contribution in [2.75, 3.05) is 6.54 Å². The maximum Gasteiger partial charge on any atom is 0.303 e. The van der Waals surface area contributed by atoms with E-state index >= 15 is 0 Å². The van der Waals surface area contributed by atoms with Crippen LogP contribution in [0.15, 0.2) is 18.2 Å². The van der Waals surface area contributed by atoms with E-state index in [1.807, 2.05) is 0 Å². The molecule has 2 N–H and O–H groups in total. The average Bonchev–Trinajstić information content (AvgIpc) is 2.36. The van der Waals surface area contributed by atoms with Gasteiger partial charge in [-0.2, -0.15) is 0 Å². The molecule has 0 aliphatic heterocycles. The van der Waals surface area contributed by atoms with E-state index in [1.165, 1.54) is 6.07 Å². The van der Waals surface area contributed by atoms with E-state index in [0.29, 0.717) is 24.9 Å². The molecule has 0 aliphatic carbocycles. The highest BCUT2D eigenvalue weighted by atomic mass is 19.1. The summed E-state index contributed by atoms with van der Waals surface area (Å²) in [7, 11) is 0. The lowest BCUT2D eigenvalue weighted by molar-refractivity contribution is -0.137. The smallest absolute Gasteiger partial charge is 0.303 e. The number of benzene rings is 1. The topological polar surface area (TPSA) is 66.4 Å². The lowest BCUT2D eigenvalue weighted by Gasteiger charge is -2.07. The Kier molecular flexibility index (Phi) is 5.99. The van der Waals surface area contributed by atoms with Crippen LogP contribution in [-0.4, -0.2) is 23.5 Å². The molecule has 0 aromatic heterocycles. The van der Waals surface area contributed by atoms with Gasteiger partial charge < -0.3 is 10.4 Å². The van der Waals surface area contributed by atoms with Crippen LogP contribution in [0.25, 0.3) is 0 Å². The van der Waals surface area contributed by atoms with E-state index in [1.54, 1.807) is 19.1 Å². The summed E-state index contributed by atoms with van der Waals surface area (Å²) >= 11 is 0. The minimum Gasteiger partial charge on any atom is -0.481 e. The summed E-state index contributed by atoms with van der Waals surface area (Å²) in [6.45, 7) is 2.03. The fourth-order valence-corrected chi connectivity index (χ4v) is 1.70. The molecule has 0 unspecified atom stereocenters. The number of nitrogens with one attached hydrogen (secondary N) is 1. The molecule has 0 atom stereocenters. The van der Waals surface area contributed by atoms with Crippen molar-refractivity contribution in [1.29, 1.82) is 0 Å². The summed E-state index contributed by atoms with van der Waals surface area (Å²) in [6, 6.07) is 4.69. The van der Waals surface area contributed by atoms with Crippen LogP contribution in [0.2, 0.25) is 0 Å². The molecule has 0 aliphatic rings. The molecule has 104 valence electrons. The van der Waals surface area contributed by atoms with Crippen LogP contribution < -0.4 is 5.32 Å². The van der Waals surface area contributed by atoms with Gasteiger partial charge >= 0.3 is 5.97 Å². The van der Waals surface area contributed by atoms with Gasteiger partial charge in [0.2, 0.25) is 0 Å². The zero-order valence-corrected chi connectivity index (χ0v) is 10.9. The third-order valence-electron chi connectivity index (χ3n) is 2.79. The van der Waals surface area contributed by atoms with Crippen LogP contribution in [0.5, 0.6) is 0 Å². The van der Waals surface area contributed by atoms with Crippen LogP contribution in [-0.2, 0) is 4.79 Å². The number of carboxylic acid groups (broad SMARTS) is 1. The fraction of sp³-hybridized carbons (Fsp3) is 0.429. The normalized spacial score (nSPS) is 10.2. The number of rotatable bonds is 7. The quantitative estimate of drug-likeness (QED) is 0.746. The highest BCUT2D eigenvalue weighted by Crippen LogP contribution is 2.11. The lowest BCUT2D eigenvalue weighted by atomic mass is 10.1. The van der Waals surface area contributed by atoms with Gasteiger partial charge in [-0.1, -0.05) is 18.6 Å². The molecular formula is C14H18FNO3. The van der Waals surface area contributed by atoms with Crippen molar-refractivity contribution in [1.82, 2.24) is 5.32 Å². The minimum absolute atomic E-state index is 0.0468. The molecule has 0 bridgehead atoms. The number of carboxylic acids is 1. The highest BCUT2D eigenvalue weighted by Gasteiger charge is 2.12. The Morgan fingerprint density at radius 2 is 2.00 bits per heavy atom. The molecule has 0 saturated carbocycles. The number of aliphatic carboxylic acids is 1. The Balaban J connectivity index is 2.32. The molecule has 19 heavy (non-hydrogen) atoms. The second-order valence-electron chi connectivity index (χ2n) is 4.40. The number of unbranched alkanes of at least 4 members (excludes halogenated alkanes) is 2. The van der Waals surface area contributed by atoms with E-state index in [0.717, 1.165) is 6.42 Å². The van der Waals surface area contributed by atoms with Crippen molar-refractivity contribution in [2.45, 2.75) is 32.6 Å². The van der Waals surface area contributed by atoms with Gasteiger partial charge in [0.15, 0.2) is 0 Å². The highest BCUT2D eigenvalue weighted by molar-refractivity contribution is 5.94. The molecular weight excluding hydrogens is 249 g/mol. The maximum absolute atomic E-state index is 13.6. The van der Waals surface area contributed by atoms with E-state index < -0.39 is 17.7 Å². The van der Waals surface area contributed by atoms with Gasteiger partial charge in [-0.25, -0.2) is 4.39 Å². The minimum atomic E-state index is -0.814. The monoisotopic (exact) mass is 267 g/mol. The van der Waals surface area contributed by atoms with Gasteiger partial charge in [0.25, 0.3) is 5.91 Å². The molecule has 1 amide bonds. The standard InChI is InChI=1S/C14H18FNO3/c1-10-6-5-7-11(13(10)15)14(19)16-9-4-2-3-8-12(17)18/h5-7H,2-4,8-9H2,1H3,(H,16,19)(H,17,18). The Bertz CT molecular complexity index is 460. The summed E-state index contributed by atoms with van der Waals surface area (Å²) < 4.78 is 13.6. The zero-order valence-electron chi connectivity index (χ0n) is 10.9. The maximum atomic E-state index is 13.6. The van der Waals surface area contributed by atoms with Gasteiger partial charge in [0, 0.05) is 13.0 Å². The molecule has 0 heterocycles. The van der Waals surface area contributed by atoms with E-state index in [9.17, 15) is 14.0 Å². The van der Waals surface area contributed by atoms with Crippen LogP contribution in [0, 0.1) is 12.7 Å². The Morgan fingerprint density at radius 3 is 2.68 bits per heavy atom. The van der Waals surface area contributed by atoms with Crippen molar-refractivity contribution in [3.63, 3.8) is 0 Å². The fourth-order valence-electron chi connectivity index (χ4n) is 1.70.